The normalized spacial score (nSPS) is 11.1. The van der Waals surface area contributed by atoms with E-state index in [1.807, 2.05) is 55.3 Å². The molecule has 0 atom stereocenters. The molecular formula is C20H26N4O2. The lowest BCUT2D eigenvalue weighted by Crippen LogP contribution is -2.38. The molecule has 6 nitrogen and oxygen atoms in total. The van der Waals surface area contributed by atoms with Crippen LogP contribution in [-0.4, -0.2) is 37.5 Å². The van der Waals surface area contributed by atoms with Crippen molar-refractivity contribution in [3.63, 3.8) is 0 Å². The number of nitrogens with two attached hydrogens (primary N) is 1. The lowest BCUT2D eigenvalue weighted by atomic mass is 10.1. The summed E-state index contributed by atoms with van der Waals surface area (Å²) in [6, 6.07) is 15.3. The van der Waals surface area contributed by atoms with Gasteiger partial charge < -0.3 is 20.7 Å². The minimum Gasteiger partial charge on any atom is -0.494 e. The van der Waals surface area contributed by atoms with Crippen LogP contribution in [0.4, 0.5) is 0 Å². The van der Waals surface area contributed by atoms with Gasteiger partial charge in [0.25, 0.3) is 0 Å². The highest BCUT2D eigenvalue weighted by atomic mass is 16.5. The molecule has 0 saturated carbocycles. The Morgan fingerprint density at radius 1 is 1.19 bits per heavy atom. The number of hydrogen-bond acceptors (Lipinski definition) is 3. The third-order valence-electron chi connectivity index (χ3n) is 3.89. The van der Waals surface area contributed by atoms with Gasteiger partial charge in [0.2, 0.25) is 5.91 Å². The monoisotopic (exact) mass is 354 g/mol. The first-order chi connectivity index (χ1) is 12.5. The van der Waals surface area contributed by atoms with Gasteiger partial charge in [-0.2, -0.15) is 0 Å². The summed E-state index contributed by atoms with van der Waals surface area (Å²) in [5.41, 5.74) is 7.96. The van der Waals surface area contributed by atoms with Crippen LogP contribution in [0.2, 0.25) is 0 Å². The number of nitrogens with zero attached hydrogens (tertiary/aromatic N) is 2. The van der Waals surface area contributed by atoms with E-state index in [1.165, 1.54) is 0 Å². The number of guanidine groups is 1. The zero-order chi connectivity index (χ0) is 18.9. The summed E-state index contributed by atoms with van der Waals surface area (Å²) >= 11 is 0. The van der Waals surface area contributed by atoms with Crippen LogP contribution in [0.3, 0.4) is 0 Å². The van der Waals surface area contributed by atoms with Crippen molar-refractivity contribution in [3.8, 4) is 5.75 Å². The van der Waals surface area contributed by atoms with Crippen molar-refractivity contribution in [2.45, 2.75) is 20.0 Å². The van der Waals surface area contributed by atoms with Gasteiger partial charge in [0, 0.05) is 32.7 Å². The Morgan fingerprint density at radius 3 is 2.54 bits per heavy atom. The number of amides is 1. The molecule has 26 heavy (non-hydrogen) atoms. The van der Waals surface area contributed by atoms with Crippen molar-refractivity contribution in [2.24, 2.45) is 10.7 Å². The van der Waals surface area contributed by atoms with Crippen molar-refractivity contribution >= 4 is 11.9 Å². The van der Waals surface area contributed by atoms with Crippen LogP contribution < -0.4 is 15.8 Å². The molecule has 6 heteroatoms. The van der Waals surface area contributed by atoms with Crippen LogP contribution in [0.5, 0.6) is 5.75 Å². The average Bonchev–Trinajstić information content (AvgIpc) is 2.64. The molecule has 2 rings (SSSR count). The molecule has 0 fully saturated rings. The molecule has 0 spiro atoms. The first-order valence-corrected chi connectivity index (χ1v) is 8.55. The second-order valence-electron chi connectivity index (χ2n) is 5.90. The number of carbonyl (C=O) groups excluding carboxylic acids is 1. The summed E-state index contributed by atoms with van der Waals surface area (Å²) in [4.78, 5) is 17.6. The maximum Gasteiger partial charge on any atom is 0.248 e. The zero-order valence-electron chi connectivity index (χ0n) is 15.5. The molecule has 0 aliphatic rings. The molecule has 0 saturated heterocycles. The second kappa shape index (κ2) is 9.46. The first kappa shape index (κ1) is 19.3. The quantitative estimate of drug-likeness (QED) is 0.591. The molecule has 138 valence electrons. The van der Waals surface area contributed by atoms with Gasteiger partial charge in [-0.05, 0) is 42.3 Å². The lowest BCUT2D eigenvalue weighted by Gasteiger charge is -2.22. The van der Waals surface area contributed by atoms with Crippen LogP contribution in [0.15, 0.2) is 53.5 Å². The van der Waals surface area contributed by atoms with Gasteiger partial charge >= 0.3 is 0 Å². The summed E-state index contributed by atoms with van der Waals surface area (Å²) in [6.45, 7) is 3.90. The van der Waals surface area contributed by atoms with Crippen LogP contribution in [0.25, 0.3) is 0 Å². The summed E-state index contributed by atoms with van der Waals surface area (Å²) in [7, 11) is 3.72. The van der Waals surface area contributed by atoms with Crippen molar-refractivity contribution < 1.29 is 9.53 Å². The van der Waals surface area contributed by atoms with Crippen molar-refractivity contribution in [1.29, 1.82) is 0 Å². The van der Waals surface area contributed by atoms with Gasteiger partial charge in [-0.25, -0.2) is 0 Å². The largest absolute Gasteiger partial charge is 0.494 e. The molecule has 0 aromatic heterocycles. The van der Waals surface area contributed by atoms with E-state index in [2.05, 4.69) is 10.3 Å². The van der Waals surface area contributed by atoms with Crippen LogP contribution in [0.1, 0.15) is 28.4 Å². The van der Waals surface area contributed by atoms with E-state index in [4.69, 9.17) is 10.5 Å². The molecule has 3 N–H and O–H groups in total. The number of hydrogen-bond donors (Lipinski definition) is 2. The molecule has 2 aromatic rings. The van der Waals surface area contributed by atoms with E-state index in [-0.39, 0.29) is 0 Å². The van der Waals surface area contributed by atoms with E-state index < -0.39 is 5.91 Å². The maximum atomic E-state index is 11.3. The Hall–Kier alpha value is -3.02. The van der Waals surface area contributed by atoms with Crippen LogP contribution in [0, 0.1) is 0 Å². The van der Waals surface area contributed by atoms with E-state index in [0.29, 0.717) is 25.3 Å². The van der Waals surface area contributed by atoms with E-state index in [0.717, 1.165) is 22.8 Å². The van der Waals surface area contributed by atoms with Crippen LogP contribution in [-0.2, 0) is 13.1 Å². The lowest BCUT2D eigenvalue weighted by molar-refractivity contribution is 0.1000. The molecule has 0 aliphatic carbocycles. The minimum atomic E-state index is -0.427. The van der Waals surface area contributed by atoms with Crippen molar-refractivity contribution in [2.75, 3.05) is 20.7 Å². The second-order valence-corrected chi connectivity index (χ2v) is 5.90. The number of benzene rings is 2. The fraction of sp³-hybridized carbons (Fsp3) is 0.300. The van der Waals surface area contributed by atoms with Crippen molar-refractivity contribution in [1.82, 2.24) is 10.2 Å². The SMILES string of the molecule is CCOc1ccc(CN(C)C(=NC)NCc2cccc(C(N)=O)c2)cc1. The van der Waals surface area contributed by atoms with Gasteiger partial charge in [0.1, 0.15) is 5.75 Å². The molecule has 1 amide bonds. The number of nitrogens with one attached hydrogen (secondary N) is 1. The summed E-state index contributed by atoms with van der Waals surface area (Å²) in [5, 5.41) is 3.30. The number of primary amides is 1. The molecule has 2 aromatic carbocycles. The fourth-order valence-electron chi connectivity index (χ4n) is 2.61. The topological polar surface area (TPSA) is 79.9 Å². The highest BCUT2D eigenvalue weighted by Gasteiger charge is 2.08. The van der Waals surface area contributed by atoms with E-state index >= 15 is 0 Å². The fourth-order valence-corrected chi connectivity index (χ4v) is 2.61. The van der Waals surface area contributed by atoms with Gasteiger partial charge in [-0.1, -0.05) is 24.3 Å². The Kier molecular flexibility index (Phi) is 7.02. The zero-order valence-corrected chi connectivity index (χ0v) is 15.5. The summed E-state index contributed by atoms with van der Waals surface area (Å²) in [6.07, 6.45) is 0. The van der Waals surface area contributed by atoms with Gasteiger partial charge in [0.15, 0.2) is 5.96 Å². The maximum absolute atomic E-state index is 11.3. The highest BCUT2D eigenvalue weighted by Crippen LogP contribution is 2.13. The third kappa shape index (κ3) is 5.51. The molecule has 0 aliphatic heterocycles. The number of rotatable bonds is 7. The molecule has 0 radical (unpaired) electrons. The number of aliphatic imine (C=N–C) groups is 1. The predicted octanol–water partition coefficient (Wildman–Crippen LogP) is 2.39. The highest BCUT2D eigenvalue weighted by molar-refractivity contribution is 5.92. The minimum absolute atomic E-state index is 0.427. The number of ether oxygens (including phenoxy) is 1. The first-order valence-electron chi connectivity index (χ1n) is 8.55. The summed E-state index contributed by atoms with van der Waals surface area (Å²) in [5.74, 6) is 1.21. The van der Waals surface area contributed by atoms with Gasteiger partial charge in [-0.15, -0.1) is 0 Å². The molecule has 0 heterocycles. The third-order valence-corrected chi connectivity index (χ3v) is 3.89. The van der Waals surface area contributed by atoms with Crippen LogP contribution >= 0.6 is 0 Å². The van der Waals surface area contributed by atoms with Gasteiger partial charge in [-0.3, -0.25) is 9.79 Å². The Bertz CT molecular complexity index is 757. The predicted molar refractivity (Wildman–Crippen MR) is 104 cm³/mol. The molecule has 0 bridgehead atoms. The van der Waals surface area contributed by atoms with E-state index in [9.17, 15) is 4.79 Å². The Balaban J connectivity index is 1.95. The summed E-state index contributed by atoms with van der Waals surface area (Å²) < 4.78 is 5.47. The Morgan fingerprint density at radius 2 is 1.92 bits per heavy atom. The molecule has 0 unspecified atom stereocenters. The van der Waals surface area contributed by atoms with Crippen molar-refractivity contribution in [3.05, 3.63) is 65.2 Å². The standard InChI is InChI=1S/C20H26N4O2/c1-4-26-18-10-8-15(9-11-18)14-24(3)20(22-2)23-13-16-6-5-7-17(12-16)19(21)25/h5-12H,4,13-14H2,1-3H3,(H2,21,25)(H,22,23). The average molecular weight is 354 g/mol. The molecular weight excluding hydrogens is 328 g/mol. The number of carbonyl (C=O) groups is 1. The smallest absolute Gasteiger partial charge is 0.248 e. The Labute approximate surface area is 154 Å². The van der Waals surface area contributed by atoms with Gasteiger partial charge in [0.05, 0.1) is 6.61 Å². The van der Waals surface area contributed by atoms with E-state index in [1.54, 1.807) is 19.2 Å².